The summed E-state index contributed by atoms with van der Waals surface area (Å²) in [6.07, 6.45) is 9.74. The molecule has 0 spiro atoms. The lowest BCUT2D eigenvalue weighted by Crippen LogP contribution is -2.38. The van der Waals surface area contributed by atoms with Gasteiger partial charge in [0.05, 0.1) is 0 Å². The highest BCUT2D eigenvalue weighted by atomic mass is 32.1. The minimum Gasteiger partial charge on any atom is -0.303 e. The normalized spacial score (nSPS) is 27.4. The van der Waals surface area contributed by atoms with Gasteiger partial charge in [-0.05, 0) is 56.7 Å². The molecule has 0 bridgehead atoms. The zero-order chi connectivity index (χ0) is 12.7. The standard InChI is InChI=1S/C15H31NS/c1-4-6-14(12-17)11-16(3)15-9-7-13(5-2)8-10-15/h13-15,17H,4-12H2,1-3H3. The molecule has 0 aliphatic heterocycles. The molecule has 1 rings (SSSR count). The molecule has 0 heterocycles. The Kier molecular flexibility index (Phi) is 7.61. The van der Waals surface area contributed by atoms with Crippen molar-refractivity contribution in [1.29, 1.82) is 0 Å². The Morgan fingerprint density at radius 3 is 2.29 bits per heavy atom. The van der Waals surface area contributed by atoms with Gasteiger partial charge in [0.15, 0.2) is 0 Å². The molecular formula is C15H31NS. The van der Waals surface area contributed by atoms with Crippen molar-refractivity contribution in [3.63, 3.8) is 0 Å². The van der Waals surface area contributed by atoms with Crippen LogP contribution < -0.4 is 0 Å². The molecule has 0 saturated heterocycles. The first-order chi connectivity index (χ1) is 8.21. The molecule has 1 saturated carbocycles. The first-order valence-electron chi connectivity index (χ1n) is 7.52. The molecule has 1 aliphatic rings. The molecule has 1 nitrogen and oxygen atoms in total. The van der Waals surface area contributed by atoms with Gasteiger partial charge in [0, 0.05) is 12.6 Å². The van der Waals surface area contributed by atoms with E-state index in [4.69, 9.17) is 0 Å². The molecule has 102 valence electrons. The molecule has 1 unspecified atom stereocenters. The van der Waals surface area contributed by atoms with Gasteiger partial charge in [0.25, 0.3) is 0 Å². The van der Waals surface area contributed by atoms with Crippen LogP contribution >= 0.6 is 12.6 Å². The van der Waals surface area contributed by atoms with Crippen molar-refractivity contribution < 1.29 is 0 Å². The van der Waals surface area contributed by atoms with Gasteiger partial charge in [0.1, 0.15) is 0 Å². The smallest absolute Gasteiger partial charge is 0.00925 e. The van der Waals surface area contributed by atoms with Crippen molar-refractivity contribution in [3.05, 3.63) is 0 Å². The average molecular weight is 257 g/mol. The Morgan fingerprint density at radius 1 is 1.18 bits per heavy atom. The van der Waals surface area contributed by atoms with Gasteiger partial charge in [0.2, 0.25) is 0 Å². The first-order valence-corrected chi connectivity index (χ1v) is 8.15. The minimum absolute atomic E-state index is 0.789. The van der Waals surface area contributed by atoms with Crippen LogP contribution in [0.15, 0.2) is 0 Å². The van der Waals surface area contributed by atoms with Crippen molar-refractivity contribution in [1.82, 2.24) is 4.90 Å². The van der Waals surface area contributed by atoms with Gasteiger partial charge < -0.3 is 4.90 Å². The second kappa shape index (κ2) is 8.42. The molecule has 2 heteroatoms. The maximum Gasteiger partial charge on any atom is 0.00925 e. The van der Waals surface area contributed by atoms with Gasteiger partial charge in [-0.25, -0.2) is 0 Å². The van der Waals surface area contributed by atoms with E-state index in [9.17, 15) is 0 Å². The Bertz CT molecular complexity index is 187. The number of hydrogen-bond acceptors (Lipinski definition) is 2. The van der Waals surface area contributed by atoms with E-state index < -0.39 is 0 Å². The summed E-state index contributed by atoms with van der Waals surface area (Å²) < 4.78 is 0. The first kappa shape index (κ1) is 15.4. The van der Waals surface area contributed by atoms with E-state index in [0.717, 1.165) is 23.6 Å². The molecule has 0 aromatic rings. The third-order valence-electron chi connectivity index (χ3n) is 4.52. The van der Waals surface area contributed by atoms with Gasteiger partial charge in [-0.1, -0.05) is 26.7 Å². The Balaban J connectivity index is 2.30. The van der Waals surface area contributed by atoms with Crippen LogP contribution in [0, 0.1) is 11.8 Å². The SMILES string of the molecule is CCCC(CS)CN(C)C1CCC(CC)CC1. The highest BCUT2D eigenvalue weighted by Gasteiger charge is 2.24. The fourth-order valence-electron chi connectivity index (χ4n) is 3.20. The monoisotopic (exact) mass is 257 g/mol. The molecule has 1 aliphatic carbocycles. The van der Waals surface area contributed by atoms with Gasteiger partial charge in [-0.2, -0.15) is 12.6 Å². The molecule has 0 aromatic carbocycles. The number of nitrogens with zero attached hydrogens (tertiary/aromatic N) is 1. The van der Waals surface area contributed by atoms with E-state index in [2.05, 4.69) is 38.4 Å². The molecule has 0 N–H and O–H groups in total. The molecule has 0 aromatic heterocycles. The topological polar surface area (TPSA) is 3.24 Å². The number of thiol groups is 1. The van der Waals surface area contributed by atoms with Crippen LogP contribution in [0.4, 0.5) is 0 Å². The fraction of sp³-hybridized carbons (Fsp3) is 1.00. The predicted octanol–water partition coefficient (Wildman–Crippen LogP) is 4.23. The minimum atomic E-state index is 0.789. The average Bonchev–Trinajstić information content (AvgIpc) is 2.38. The van der Waals surface area contributed by atoms with Crippen LogP contribution in [0.2, 0.25) is 0 Å². The summed E-state index contributed by atoms with van der Waals surface area (Å²) in [5.41, 5.74) is 0. The predicted molar refractivity (Wildman–Crippen MR) is 80.9 cm³/mol. The second-order valence-corrected chi connectivity index (χ2v) is 6.22. The highest BCUT2D eigenvalue weighted by molar-refractivity contribution is 7.80. The van der Waals surface area contributed by atoms with Gasteiger partial charge >= 0.3 is 0 Å². The molecular weight excluding hydrogens is 226 g/mol. The van der Waals surface area contributed by atoms with E-state index in [1.54, 1.807) is 0 Å². The van der Waals surface area contributed by atoms with Crippen LogP contribution in [0.1, 0.15) is 58.8 Å². The Labute approximate surface area is 114 Å². The maximum absolute atomic E-state index is 4.49. The summed E-state index contributed by atoms with van der Waals surface area (Å²) in [5.74, 6) is 2.84. The van der Waals surface area contributed by atoms with Crippen LogP contribution in [0.25, 0.3) is 0 Å². The van der Waals surface area contributed by atoms with Crippen molar-refractivity contribution in [2.75, 3.05) is 19.3 Å². The van der Waals surface area contributed by atoms with E-state index >= 15 is 0 Å². The third-order valence-corrected chi connectivity index (χ3v) is 5.03. The highest BCUT2D eigenvalue weighted by Crippen LogP contribution is 2.29. The van der Waals surface area contributed by atoms with E-state index in [1.807, 2.05) is 0 Å². The maximum atomic E-state index is 4.49. The molecule has 17 heavy (non-hydrogen) atoms. The number of rotatable bonds is 7. The largest absolute Gasteiger partial charge is 0.303 e. The lowest BCUT2D eigenvalue weighted by molar-refractivity contribution is 0.146. The van der Waals surface area contributed by atoms with Crippen LogP contribution in [-0.2, 0) is 0 Å². The van der Waals surface area contributed by atoms with Crippen LogP contribution in [-0.4, -0.2) is 30.3 Å². The fourth-order valence-corrected chi connectivity index (χ4v) is 3.50. The second-order valence-electron chi connectivity index (χ2n) is 5.86. The summed E-state index contributed by atoms with van der Waals surface area (Å²) in [7, 11) is 2.32. The molecule has 0 radical (unpaired) electrons. The number of hydrogen-bond donors (Lipinski definition) is 1. The van der Waals surface area contributed by atoms with Crippen molar-refractivity contribution in [2.45, 2.75) is 64.8 Å². The Hall–Kier alpha value is 0.310. The Morgan fingerprint density at radius 2 is 1.82 bits per heavy atom. The summed E-state index contributed by atoms with van der Waals surface area (Å²) in [6.45, 7) is 5.87. The molecule has 1 atom stereocenters. The molecule has 0 amide bonds. The van der Waals surface area contributed by atoms with Gasteiger partial charge in [-0.3, -0.25) is 0 Å². The van der Waals surface area contributed by atoms with Crippen LogP contribution in [0.5, 0.6) is 0 Å². The van der Waals surface area contributed by atoms with E-state index in [-0.39, 0.29) is 0 Å². The third kappa shape index (κ3) is 5.21. The zero-order valence-electron chi connectivity index (χ0n) is 12.0. The van der Waals surface area contributed by atoms with Gasteiger partial charge in [-0.15, -0.1) is 0 Å². The zero-order valence-corrected chi connectivity index (χ0v) is 12.9. The lowest BCUT2D eigenvalue weighted by atomic mass is 9.84. The van der Waals surface area contributed by atoms with E-state index in [0.29, 0.717) is 0 Å². The van der Waals surface area contributed by atoms with Crippen molar-refractivity contribution in [2.24, 2.45) is 11.8 Å². The quantitative estimate of drug-likeness (QED) is 0.668. The summed E-state index contributed by atoms with van der Waals surface area (Å²) >= 11 is 4.49. The van der Waals surface area contributed by atoms with Crippen LogP contribution in [0.3, 0.4) is 0 Å². The summed E-state index contributed by atoms with van der Waals surface area (Å²) in [5, 5.41) is 0. The van der Waals surface area contributed by atoms with E-state index in [1.165, 1.54) is 51.5 Å². The summed E-state index contributed by atoms with van der Waals surface area (Å²) in [6, 6.07) is 0.844. The molecule has 1 fully saturated rings. The lowest BCUT2D eigenvalue weighted by Gasteiger charge is -2.36. The summed E-state index contributed by atoms with van der Waals surface area (Å²) in [4.78, 5) is 2.61. The van der Waals surface area contributed by atoms with Crippen molar-refractivity contribution >= 4 is 12.6 Å². The van der Waals surface area contributed by atoms with Crippen molar-refractivity contribution in [3.8, 4) is 0 Å².